The van der Waals surface area contributed by atoms with Crippen LogP contribution in [0.5, 0.6) is 0 Å². The van der Waals surface area contributed by atoms with Crippen LogP contribution in [0.4, 0.5) is 5.95 Å². The van der Waals surface area contributed by atoms with Crippen LogP contribution in [0, 0.1) is 0 Å². The molecule has 110 valence electrons. The highest BCUT2D eigenvalue weighted by molar-refractivity contribution is 7.99. The molecule has 1 aromatic heterocycles. The van der Waals surface area contributed by atoms with Gasteiger partial charge in [0, 0.05) is 12.6 Å². The molecule has 0 amide bonds. The number of hydrogen-bond donors (Lipinski definition) is 2. The number of nitrogens with two attached hydrogens (primary N) is 1. The van der Waals surface area contributed by atoms with Gasteiger partial charge in [0.15, 0.2) is 5.16 Å². The van der Waals surface area contributed by atoms with E-state index >= 15 is 0 Å². The Morgan fingerprint density at radius 2 is 2.15 bits per heavy atom. The second-order valence-electron chi connectivity index (χ2n) is 5.35. The van der Waals surface area contributed by atoms with Gasteiger partial charge in [-0.05, 0) is 25.8 Å². The molecule has 0 aromatic carbocycles. The summed E-state index contributed by atoms with van der Waals surface area (Å²) in [5.74, 6) is -0.469. The van der Waals surface area contributed by atoms with Crippen molar-refractivity contribution < 1.29 is 9.90 Å². The minimum atomic E-state index is -0.853. The molecule has 2 fully saturated rings. The third-order valence-corrected chi connectivity index (χ3v) is 5.10. The fourth-order valence-corrected chi connectivity index (χ4v) is 4.07. The van der Waals surface area contributed by atoms with Crippen molar-refractivity contribution in [2.24, 2.45) is 0 Å². The minimum absolute atomic E-state index is 0.0146. The van der Waals surface area contributed by atoms with E-state index < -0.39 is 5.97 Å². The number of fused-ring (bicyclic) bond motifs is 1. The Morgan fingerprint density at radius 1 is 1.30 bits per heavy atom. The van der Waals surface area contributed by atoms with Crippen molar-refractivity contribution in [2.45, 2.75) is 42.9 Å². The fraction of sp³-hybridized carbons (Fsp3) is 0.750. The lowest BCUT2D eigenvalue weighted by Gasteiger charge is -2.33. The molecule has 1 aromatic rings. The average molecular weight is 297 g/mol. The number of piperidine rings is 1. The number of thioether (sulfide) groups is 1. The first-order valence-electron chi connectivity index (χ1n) is 6.96. The van der Waals surface area contributed by atoms with Crippen molar-refractivity contribution in [3.05, 3.63) is 0 Å². The van der Waals surface area contributed by atoms with Crippen molar-refractivity contribution in [1.29, 1.82) is 0 Å². The van der Waals surface area contributed by atoms with Crippen LogP contribution in [-0.4, -0.2) is 55.6 Å². The maximum absolute atomic E-state index is 10.7. The molecule has 0 radical (unpaired) electrons. The van der Waals surface area contributed by atoms with E-state index in [-0.39, 0.29) is 11.8 Å². The summed E-state index contributed by atoms with van der Waals surface area (Å²) in [6.45, 7) is 2.23. The van der Waals surface area contributed by atoms with Crippen molar-refractivity contribution >= 4 is 23.7 Å². The third-order valence-electron chi connectivity index (χ3n) is 4.17. The first kappa shape index (κ1) is 13.7. The van der Waals surface area contributed by atoms with Gasteiger partial charge in [-0.2, -0.15) is 0 Å². The number of carbonyl (C=O) groups is 1. The number of hydrogen-bond acceptors (Lipinski definition) is 6. The molecule has 7 nitrogen and oxygen atoms in total. The molecule has 2 aliphatic rings. The van der Waals surface area contributed by atoms with Crippen molar-refractivity contribution in [3.63, 3.8) is 0 Å². The molecule has 2 unspecified atom stereocenters. The van der Waals surface area contributed by atoms with Gasteiger partial charge in [0.05, 0.1) is 11.8 Å². The predicted octanol–water partition coefficient (Wildman–Crippen LogP) is 0.836. The van der Waals surface area contributed by atoms with Gasteiger partial charge < -0.3 is 10.8 Å². The lowest BCUT2D eigenvalue weighted by atomic mass is 9.99. The van der Waals surface area contributed by atoms with E-state index in [9.17, 15) is 4.79 Å². The van der Waals surface area contributed by atoms with E-state index in [1.54, 1.807) is 0 Å². The van der Waals surface area contributed by atoms with Crippen molar-refractivity contribution in [2.75, 3.05) is 24.6 Å². The van der Waals surface area contributed by atoms with Crippen molar-refractivity contribution in [1.82, 2.24) is 19.7 Å². The van der Waals surface area contributed by atoms with Gasteiger partial charge in [-0.3, -0.25) is 14.3 Å². The van der Waals surface area contributed by atoms with Gasteiger partial charge in [0.1, 0.15) is 0 Å². The molecule has 3 rings (SSSR count). The monoisotopic (exact) mass is 297 g/mol. The molecule has 0 aliphatic carbocycles. The standard InChI is InChI=1S/C12H19N5O2S/c13-11-14-15-12(20-7-10(18)19)17(11)9-4-6-16-5-2-1-3-8(9)16/h8-9H,1-7H2,(H2,13,14)(H,18,19). The SMILES string of the molecule is Nc1nnc(SCC(=O)O)n1C1CCN2CCCCC12. The van der Waals surface area contributed by atoms with E-state index in [0.717, 1.165) is 19.5 Å². The number of rotatable bonds is 4. The Morgan fingerprint density at radius 3 is 2.95 bits per heavy atom. The van der Waals surface area contributed by atoms with Crippen LogP contribution in [0.25, 0.3) is 0 Å². The number of carboxylic acid groups (broad SMARTS) is 1. The summed E-state index contributed by atoms with van der Waals surface area (Å²) in [6, 6.07) is 0.771. The smallest absolute Gasteiger partial charge is 0.313 e. The summed E-state index contributed by atoms with van der Waals surface area (Å²) >= 11 is 1.19. The number of anilines is 1. The van der Waals surface area contributed by atoms with Gasteiger partial charge in [-0.15, -0.1) is 10.2 Å². The molecule has 2 saturated heterocycles. The number of aromatic nitrogens is 3. The van der Waals surface area contributed by atoms with E-state index in [1.807, 2.05) is 4.57 Å². The minimum Gasteiger partial charge on any atom is -0.481 e. The lowest BCUT2D eigenvalue weighted by Crippen LogP contribution is -2.38. The maximum Gasteiger partial charge on any atom is 0.313 e. The zero-order valence-corrected chi connectivity index (χ0v) is 12.1. The molecule has 2 aliphatic heterocycles. The lowest BCUT2D eigenvalue weighted by molar-refractivity contribution is -0.133. The Kier molecular flexibility index (Phi) is 3.84. The topological polar surface area (TPSA) is 97.3 Å². The van der Waals surface area contributed by atoms with Gasteiger partial charge in [0.2, 0.25) is 5.95 Å². The first-order chi connectivity index (χ1) is 9.66. The van der Waals surface area contributed by atoms with Crippen LogP contribution in [0.2, 0.25) is 0 Å². The van der Waals surface area contributed by atoms with Crippen LogP contribution in [0.3, 0.4) is 0 Å². The molecule has 3 N–H and O–H groups in total. The van der Waals surface area contributed by atoms with Gasteiger partial charge >= 0.3 is 5.97 Å². The number of nitrogen functional groups attached to an aromatic ring is 1. The number of aliphatic carboxylic acids is 1. The van der Waals surface area contributed by atoms with Crippen LogP contribution < -0.4 is 5.73 Å². The summed E-state index contributed by atoms with van der Waals surface area (Å²) < 4.78 is 1.95. The fourth-order valence-electron chi connectivity index (χ4n) is 3.35. The van der Waals surface area contributed by atoms with Gasteiger partial charge in [0.25, 0.3) is 0 Å². The molecular weight excluding hydrogens is 278 g/mol. The van der Waals surface area contributed by atoms with E-state index in [0.29, 0.717) is 17.1 Å². The highest BCUT2D eigenvalue weighted by atomic mass is 32.2. The Labute approximate surface area is 121 Å². The highest BCUT2D eigenvalue weighted by Crippen LogP contribution is 2.38. The summed E-state index contributed by atoms with van der Waals surface area (Å²) in [7, 11) is 0. The summed E-state index contributed by atoms with van der Waals surface area (Å²) in [4.78, 5) is 13.2. The van der Waals surface area contributed by atoms with Gasteiger partial charge in [-0.1, -0.05) is 18.2 Å². The quantitative estimate of drug-likeness (QED) is 0.795. The van der Waals surface area contributed by atoms with Crippen LogP contribution in [0.15, 0.2) is 5.16 Å². The van der Waals surface area contributed by atoms with Gasteiger partial charge in [-0.25, -0.2) is 0 Å². The Balaban J connectivity index is 1.82. The maximum atomic E-state index is 10.7. The largest absolute Gasteiger partial charge is 0.481 e. The Bertz CT molecular complexity index is 506. The molecule has 20 heavy (non-hydrogen) atoms. The highest BCUT2D eigenvalue weighted by Gasteiger charge is 2.38. The third kappa shape index (κ3) is 2.49. The second kappa shape index (κ2) is 5.61. The van der Waals surface area contributed by atoms with E-state index in [4.69, 9.17) is 10.8 Å². The van der Waals surface area contributed by atoms with Crippen LogP contribution in [-0.2, 0) is 4.79 Å². The Hall–Kier alpha value is -1.28. The molecule has 0 bridgehead atoms. The summed E-state index contributed by atoms with van der Waals surface area (Å²) in [5, 5.41) is 17.4. The second-order valence-corrected chi connectivity index (χ2v) is 6.29. The summed E-state index contributed by atoms with van der Waals surface area (Å²) in [6.07, 6.45) is 4.72. The summed E-state index contributed by atoms with van der Waals surface area (Å²) in [5.41, 5.74) is 5.96. The molecule has 0 saturated carbocycles. The zero-order chi connectivity index (χ0) is 14.1. The number of nitrogens with zero attached hydrogens (tertiary/aromatic N) is 4. The number of carboxylic acids is 1. The van der Waals surface area contributed by atoms with E-state index in [1.165, 1.54) is 31.0 Å². The van der Waals surface area contributed by atoms with Crippen molar-refractivity contribution in [3.8, 4) is 0 Å². The van der Waals surface area contributed by atoms with E-state index in [2.05, 4.69) is 15.1 Å². The first-order valence-corrected chi connectivity index (χ1v) is 7.94. The predicted molar refractivity (Wildman–Crippen MR) is 75.7 cm³/mol. The molecule has 0 spiro atoms. The van der Waals surface area contributed by atoms with Crippen LogP contribution in [0.1, 0.15) is 31.7 Å². The normalized spacial score (nSPS) is 26.6. The van der Waals surface area contributed by atoms with Crippen LogP contribution >= 0.6 is 11.8 Å². The molecule has 3 heterocycles. The average Bonchev–Trinajstić information content (AvgIpc) is 3.00. The molecule has 8 heteroatoms. The molecular formula is C12H19N5O2S. The molecule has 2 atom stereocenters. The zero-order valence-electron chi connectivity index (χ0n) is 11.2.